The maximum Gasteiger partial charge on any atom is 0.170 e. The molecule has 2 N–H and O–H groups in total. The minimum atomic E-state index is 0.564. The van der Waals surface area contributed by atoms with Crippen LogP contribution in [0.15, 0.2) is 42.5 Å². The van der Waals surface area contributed by atoms with Gasteiger partial charge in [0.05, 0.1) is 14.2 Å². The molecule has 0 amide bonds. The van der Waals surface area contributed by atoms with Gasteiger partial charge < -0.3 is 20.1 Å². The summed E-state index contributed by atoms with van der Waals surface area (Å²) in [4.78, 5) is 0. The Morgan fingerprint density at radius 1 is 1.09 bits per heavy atom. The fraction of sp³-hybridized carbons (Fsp3) is 0.235. The van der Waals surface area contributed by atoms with Crippen molar-refractivity contribution in [2.75, 3.05) is 26.1 Å². The third kappa shape index (κ3) is 5.01. The van der Waals surface area contributed by atoms with E-state index >= 15 is 0 Å². The average Bonchev–Trinajstić information content (AvgIpc) is 2.56. The van der Waals surface area contributed by atoms with E-state index in [1.165, 1.54) is 0 Å². The van der Waals surface area contributed by atoms with Crippen molar-refractivity contribution < 1.29 is 9.47 Å². The van der Waals surface area contributed by atoms with E-state index in [1.54, 1.807) is 14.2 Å². The predicted octanol–water partition coefficient (Wildman–Crippen LogP) is 3.89. The van der Waals surface area contributed by atoms with Crippen molar-refractivity contribution in [2.24, 2.45) is 0 Å². The summed E-state index contributed by atoms with van der Waals surface area (Å²) in [5, 5.41) is 7.54. The molecule has 6 heteroatoms. The molecule has 4 nitrogen and oxygen atoms in total. The number of hydrogen-bond donors (Lipinski definition) is 2. The average molecular weight is 351 g/mol. The zero-order valence-electron chi connectivity index (χ0n) is 13.1. The molecule has 0 aromatic heterocycles. The molecule has 0 atom stereocenters. The highest BCUT2D eigenvalue weighted by molar-refractivity contribution is 7.80. The lowest BCUT2D eigenvalue weighted by atomic mass is 10.1. The molecule has 0 fully saturated rings. The first-order chi connectivity index (χ1) is 11.1. The van der Waals surface area contributed by atoms with Crippen molar-refractivity contribution in [2.45, 2.75) is 6.42 Å². The van der Waals surface area contributed by atoms with Crippen molar-refractivity contribution in [3.05, 3.63) is 53.1 Å². The van der Waals surface area contributed by atoms with Crippen LogP contribution < -0.4 is 20.1 Å². The summed E-state index contributed by atoms with van der Waals surface area (Å²) in [6.45, 7) is 0.683. The molecule has 0 aliphatic carbocycles. The monoisotopic (exact) mass is 350 g/mol. The molecule has 0 spiro atoms. The third-order valence-corrected chi connectivity index (χ3v) is 3.76. The second kappa shape index (κ2) is 8.60. The summed E-state index contributed by atoms with van der Waals surface area (Å²) in [5.41, 5.74) is 1.96. The quantitative estimate of drug-likeness (QED) is 0.774. The van der Waals surface area contributed by atoms with Crippen LogP contribution in [-0.2, 0) is 6.42 Å². The van der Waals surface area contributed by atoms with Gasteiger partial charge in [-0.1, -0.05) is 23.7 Å². The first-order valence-electron chi connectivity index (χ1n) is 7.14. The number of methoxy groups -OCH3 is 2. The third-order valence-electron chi connectivity index (χ3n) is 3.27. The Balaban J connectivity index is 1.87. The lowest BCUT2D eigenvalue weighted by Gasteiger charge is -2.14. The second-order valence-corrected chi connectivity index (χ2v) is 5.64. The number of thiocarbonyl (C=S) groups is 1. The Kier molecular flexibility index (Phi) is 6.50. The van der Waals surface area contributed by atoms with Gasteiger partial charge >= 0.3 is 0 Å². The number of para-hydroxylation sites is 1. The molecule has 0 aliphatic heterocycles. The molecule has 0 aliphatic rings. The molecule has 2 aromatic carbocycles. The highest BCUT2D eigenvalue weighted by Gasteiger charge is 2.09. The number of nitrogens with one attached hydrogen (secondary N) is 2. The van der Waals surface area contributed by atoms with E-state index in [0.29, 0.717) is 16.7 Å². The van der Waals surface area contributed by atoms with E-state index in [9.17, 15) is 0 Å². The zero-order chi connectivity index (χ0) is 16.7. The van der Waals surface area contributed by atoms with E-state index in [2.05, 4.69) is 10.6 Å². The van der Waals surface area contributed by atoms with Crippen LogP contribution in [0.5, 0.6) is 11.5 Å². The topological polar surface area (TPSA) is 42.5 Å². The maximum atomic E-state index is 5.85. The fourth-order valence-electron chi connectivity index (χ4n) is 2.17. The normalized spacial score (nSPS) is 10.0. The van der Waals surface area contributed by atoms with E-state index < -0.39 is 0 Å². The molecular formula is C17H19ClN2O2S. The maximum absolute atomic E-state index is 5.85. The van der Waals surface area contributed by atoms with Crippen LogP contribution in [-0.4, -0.2) is 25.9 Å². The fourth-order valence-corrected chi connectivity index (χ4v) is 2.52. The van der Waals surface area contributed by atoms with Crippen LogP contribution in [0.1, 0.15) is 5.56 Å². The molecule has 0 heterocycles. The van der Waals surface area contributed by atoms with Gasteiger partial charge in [0.1, 0.15) is 0 Å². The van der Waals surface area contributed by atoms with E-state index in [0.717, 1.165) is 29.2 Å². The van der Waals surface area contributed by atoms with Gasteiger partial charge in [0.15, 0.2) is 16.6 Å². The van der Waals surface area contributed by atoms with Gasteiger partial charge in [-0.25, -0.2) is 0 Å². The zero-order valence-corrected chi connectivity index (χ0v) is 14.6. The van der Waals surface area contributed by atoms with Gasteiger partial charge in [-0.05, 0) is 54.5 Å². The predicted molar refractivity (Wildman–Crippen MR) is 98.9 cm³/mol. The van der Waals surface area contributed by atoms with Crippen molar-refractivity contribution in [1.82, 2.24) is 5.32 Å². The molecule has 2 aromatic rings. The highest BCUT2D eigenvalue weighted by Crippen LogP contribution is 2.30. The Morgan fingerprint density at radius 2 is 1.83 bits per heavy atom. The highest BCUT2D eigenvalue weighted by atomic mass is 35.5. The lowest BCUT2D eigenvalue weighted by molar-refractivity contribution is 0.351. The standard InChI is InChI=1S/C17H19ClN2O2S/c1-21-15-5-3-4-12(16(15)22-2)10-11-19-17(23)20-14-8-6-13(18)7-9-14/h3-9H,10-11H2,1-2H3,(H2,19,20,23). The molecule has 0 saturated carbocycles. The van der Waals surface area contributed by atoms with Crippen molar-refractivity contribution in [3.8, 4) is 11.5 Å². The smallest absolute Gasteiger partial charge is 0.170 e. The molecule has 0 saturated heterocycles. The van der Waals surface area contributed by atoms with Crippen LogP contribution in [0.2, 0.25) is 5.02 Å². The van der Waals surface area contributed by atoms with Gasteiger partial charge in [-0.15, -0.1) is 0 Å². The van der Waals surface area contributed by atoms with Crippen LogP contribution in [0.4, 0.5) is 5.69 Å². The first kappa shape index (κ1) is 17.4. The molecule has 2 rings (SSSR count). The molecule has 122 valence electrons. The summed E-state index contributed by atoms with van der Waals surface area (Å²) < 4.78 is 10.7. The van der Waals surface area contributed by atoms with Crippen LogP contribution >= 0.6 is 23.8 Å². The second-order valence-electron chi connectivity index (χ2n) is 4.79. The van der Waals surface area contributed by atoms with Crippen molar-refractivity contribution in [1.29, 1.82) is 0 Å². The van der Waals surface area contributed by atoms with E-state index in [1.807, 2.05) is 42.5 Å². The SMILES string of the molecule is COc1cccc(CCNC(=S)Nc2ccc(Cl)cc2)c1OC. The summed E-state index contributed by atoms with van der Waals surface area (Å²) in [5.74, 6) is 1.49. The number of anilines is 1. The number of benzene rings is 2. The first-order valence-corrected chi connectivity index (χ1v) is 7.93. The van der Waals surface area contributed by atoms with Crippen LogP contribution in [0.3, 0.4) is 0 Å². The summed E-state index contributed by atoms with van der Waals surface area (Å²) in [7, 11) is 3.27. The Labute approximate surface area is 146 Å². The summed E-state index contributed by atoms with van der Waals surface area (Å²) >= 11 is 11.1. The molecule has 23 heavy (non-hydrogen) atoms. The van der Waals surface area contributed by atoms with Gasteiger partial charge in [0.2, 0.25) is 0 Å². The number of halogens is 1. The van der Waals surface area contributed by atoms with Crippen molar-refractivity contribution in [3.63, 3.8) is 0 Å². The lowest BCUT2D eigenvalue weighted by Crippen LogP contribution is -2.30. The minimum absolute atomic E-state index is 0.564. The van der Waals surface area contributed by atoms with Crippen LogP contribution in [0.25, 0.3) is 0 Å². The van der Waals surface area contributed by atoms with Gasteiger partial charge in [0, 0.05) is 17.3 Å². The van der Waals surface area contributed by atoms with Gasteiger partial charge in [-0.2, -0.15) is 0 Å². The largest absolute Gasteiger partial charge is 0.493 e. The molecule has 0 unspecified atom stereocenters. The summed E-state index contributed by atoms with van der Waals surface area (Å²) in [6.07, 6.45) is 0.767. The van der Waals surface area contributed by atoms with Crippen molar-refractivity contribution >= 4 is 34.6 Å². The van der Waals surface area contributed by atoms with Gasteiger partial charge in [-0.3, -0.25) is 0 Å². The number of hydrogen-bond acceptors (Lipinski definition) is 3. The Bertz CT molecular complexity index is 662. The van der Waals surface area contributed by atoms with Gasteiger partial charge in [0.25, 0.3) is 0 Å². The number of ether oxygens (including phenoxy) is 2. The van der Waals surface area contributed by atoms with E-state index in [-0.39, 0.29) is 0 Å². The number of rotatable bonds is 6. The minimum Gasteiger partial charge on any atom is -0.493 e. The molecule has 0 bridgehead atoms. The Hall–Kier alpha value is -1.98. The molecular weight excluding hydrogens is 332 g/mol. The summed E-state index contributed by atoms with van der Waals surface area (Å²) in [6, 6.07) is 13.2. The van der Waals surface area contributed by atoms with E-state index in [4.69, 9.17) is 33.3 Å². The Morgan fingerprint density at radius 3 is 2.48 bits per heavy atom. The molecule has 0 radical (unpaired) electrons. The van der Waals surface area contributed by atoms with Crippen LogP contribution in [0, 0.1) is 0 Å².